The van der Waals surface area contributed by atoms with Crippen LogP contribution < -0.4 is 11.3 Å². The van der Waals surface area contributed by atoms with Gasteiger partial charge in [-0.25, -0.2) is 4.98 Å². The van der Waals surface area contributed by atoms with Crippen LogP contribution in [0.25, 0.3) is 0 Å². The molecular weight excluding hydrogens is 226 g/mol. The fourth-order valence-corrected chi connectivity index (χ4v) is 2.68. The Hall–Kier alpha value is -0.630. The maximum Gasteiger partial charge on any atom is 0.138 e. The van der Waals surface area contributed by atoms with E-state index in [-0.39, 0.29) is 12.1 Å². The number of hydrazine groups is 1. The number of nitrogens with two attached hydrogens (primary N) is 1. The van der Waals surface area contributed by atoms with Gasteiger partial charge in [0.1, 0.15) is 12.2 Å². The van der Waals surface area contributed by atoms with Gasteiger partial charge < -0.3 is 4.74 Å². The molecule has 0 spiro atoms. The van der Waals surface area contributed by atoms with Crippen molar-refractivity contribution in [2.45, 2.75) is 18.6 Å². The smallest absolute Gasteiger partial charge is 0.138 e. The van der Waals surface area contributed by atoms with E-state index in [1.807, 2.05) is 18.8 Å². The van der Waals surface area contributed by atoms with Gasteiger partial charge >= 0.3 is 0 Å². The van der Waals surface area contributed by atoms with Gasteiger partial charge in [-0.2, -0.15) is 16.9 Å². The largest absolute Gasteiger partial charge is 0.375 e. The maximum absolute atomic E-state index is 5.70. The van der Waals surface area contributed by atoms with Crippen molar-refractivity contribution < 1.29 is 4.74 Å². The van der Waals surface area contributed by atoms with Gasteiger partial charge in [-0.15, -0.1) is 0 Å². The predicted octanol–water partition coefficient (Wildman–Crippen LogP) is -0.678. The minimum Gasteiger partial charge on any atom is -0.375 e. The molecule has 1 fully saturated rings. The van der Waals surface area contributed by atoms with Crippen LogP contribution >= 0.6 is 11.8 Å². The Labute approximate surface area is 98.9 Å². The quantitative estimate of drug-likeness (QED) is 0.539. The first-order valence-electron chi connectivity index (χ1n) is 5.29. The van der Waals surface area contributed by atoms with Crippen molar-refractivity contribution in [3.8, 4) is 0 Å². The summed E-state index contributed by atoms with van der Waals surface area (Å²) in [7, 11) is 1.88. The topological polar surface area (TPSA) is 78.0 Å². The Morgan fingerprint density at radius 3 is 3.25 bits per heavy atom. The lowest BCUT2D eigenvalue weighted by Crippen LogP contribution is -2.49. The molecule has 2 rings (SSSR count). The molecule has 2 unspecified atom stereocenters. The second kappa shape index (κ2) is 5.62. The molecule has 0 aromatic carbocycles. The van der Waals surface area contributed by atoms with Crippen molar-refractivity contribution in [1.29, 1.82) is 0 Å². The van der Waals surface area contributed by atoms with Crippen LogP contribution in [0.15, 0.2) is 6.33 Å². The van der Waals surface area contributed by atoms with Gasteiger partial charge in [-0.05, 0) is 0 Å². The molecule has 1 aliphatic rings. The summed E-state index contributed by atoms with van der Waals surface area (Å²) >= 11 is 1.90. The van der Waals surface area contributed by atoms with E-state index in [0.717, 1.165) is 30.4 Å². The van der Waals surface area contributed by atoms with Gasteiger partial charge in [0.15, 0.2) is 0 Å². The number of hydrogen-bond acceptors (Lipinski definition) is 6. The SMILES string of the molecule is Cn1ncnc1CC(NN)C1CSCCO1. The number of nitrogens with zero attached hydrogens (tertiary/aromatic N) is 3. The Balaban J connectivity index is 1.97. The van der Waals surface area contributed by atoms with Crippen molar-refractivity contribution in [1.82, 2.24) is 20.2 Å². The van der Waals surface area contributed by atoms with Gasteiger partial charge in [0.05, 0.1) is 18.8 Å². The fraction of sp³-hybridized carbons (Fsp3) is 0.778. The number of aromatic nitrogens is 3. The molecule has 0 saturated carbocycles. The second-order valence-corrected chi connectivity index (χ2v) is 4.91. The maximum atomic E-state index is 5.70. The highest BCUT2D eigenvalue weighted by molar-refractivity contribution is 7.99. The molecule has 1 aromatic heterocycles. The molecule has 2 heterocycles. The van der Waals surface area contributed by atoms with Crippen LogP contribution in [0, 0.1) is 0 Å². The lowest BCUT2D eigenvalue weighted by molar-refractivity contribution is 0.0464. The highest BCUT2D eigenvalue weighted by Crippen LogP contribution is 2.16. The first-order chi connectivity index (χ1) is 7.81. The zero-order chi connectivity index (χ0) is 11.4. The Bertz CT molecular complexity index is 325. The third kappa shape index (κ3) is 2.73. The van der Waals surface area contributed by atoms with E-state index in [1.165, 1.54) is 0 Å². The number of rotatable bonds is 4. The molecule has 0 amide bonds. The second-order valence-electron chi connectivity index (χ2n) is 3.76. The molecule has 0 bridgehead atoms. The zero-order valence-corrected chi connectivity index (χ0v) is 10.1. The summed E-state index contributed by atoms with van der Waals surface area (Å²) in [5, 5.41) is 4.04. The van der Waals surface area contributed by atoms with Crippen molar-refractivity contribution in [2.24, 2.45) is 12.9 Å². The molecule has 3 N–H and O–H groups in total. The fourth-order valence-electron chi connectivity index (χ4n) is 1.74. The van der Waals surface area contributed by atoms with E-state index >= 15 is 0 Å². The lowest BCUT2D eigenvalue weighted by Gasteiger charge is -2.29. The summed E-state index contributed by atoms with van der Waals surface area (Å²) in [6, 6.07) is 0.0932. The first kappa shape index (κ1) is 11.8. The normalized spacial score (nSPS) is 23.2. The third-order valence-electron chi connectivity index (χ3n) is 2.71. The summed E-state index contributed by atoms with van der Waals surface area (Å²) in [4.78, 5) is 4.19. The van der Waals surface area contributed by atoms with E-state index < -0.39 is 0 Å². The van der Waals surface area contributed by atoms with Crippen LogP contribution in [0.3, 0.4) is 0 Å². The van der Waals surface area contributed by atoms with Crippen LogP contribution in [-0.2, 0) is 18.2 Å². The van der Waals surface area contributed by atoms with E-state index in [9.17, 15) is 0 Å². The van der Waals surface area contributed by atoms with Crippen molar-refractivity contribution >= 4 is 11.8 Å². The molecule has 0 radical (unpaired) electrons. The van der Waals surface area contributed by atoms with Crippen LogP contribution in [0.2, 0.25) is 0 Å². The van der Waals surface area contributed by atoms with Crippen LogP contribution in [0.1, 0.15) is 5.82 Å². The molecule has 7 heteroatoms. The van der Waals surface area contributed by atoms with E-state index in [0.29, 0.717) is 0 Å². The highest BCUT2D eigenvalue weighted by atomic mass is 32.2. The van der Waals surface area contributed by atoms with Crippen LogP contribution in [-0.4, -0.2) is 45.0 Å². The monoisotopic (exact) mass is 243 g/mol. The van der Waals surface area contributed by atoms with Crippen molar-refractivity contribution in [3.05, 3.63) is 12.2 Å². The number of ether oxygens (including phenoxy) is 1. The molecule has 16 heavy (non-hydrogen) atoms. The first-order valence-corrected chi connectivity index (χ1v) is 6.45. The minimum atomic E-state index is 0.0932. The highest BCUT2D eigenvalue weighted by Gasteiger charge is 2.25. The zero-order valence-electron chi connectivity index (χ0n) is 9.30. The summed E-state index contributed by atoms with van der Waals surface area (Å²) in [5.41, 5.74) is 2.82. The Kier molecular flexibility index (Phi) is 4.16. The van der Waals surface area contributed by atoms with Crippen LogP contribution in [0.4, 0.5) is 0 Å². The van der Waals surface area contributed by atoms with Crippen LogP contribution in [0.5, 0.6) is 0 Å². The number of nitrogens with one attached hydrogen (secondary N) is 1. The standard InChI is InChI=1S/C9H17N5OS/c1-14-9(11-6-12-14)4-7(13-10)8-5-16-3-2-15-8/h6-8,13H,2-5,10H2,1H3. The molecule has 2 atom stereocenters. The average Bonchev–Trinajstić information content (AvgIpc) is 2.73. The minimum absolute atomic E-state index is 0.0932. The van der Waals surface area contributed by atoms with Crippen molar-refractivity contribution in [3.63, 3.8) is 0 Å². The molecule has 1 saturated heterocycles. The summed E-state index contributed by atoms with van der Waals surface area (Å²) in [6.07, 6.45) is 2.44. The molecule has 0 aliphatic carbocycles. The van der Waals surface area contributed by atoms with Gasteiger partial charge in [0.25, 0.3) is 0 Å². The molecule has 1 aromatic rings. The summed E-state index contributed by atoms with van der Waals surface area (Å²) in [5.74, 6) is 8.54. The van der Waals surface area contributed by atoms with Crippen molar-refractivity contribution in [2.75, 3.05) is 18.1 Å². The van der Waals surface area contributed by atoms with Gasteiger partial charge in [-0.1, -0.05) is 0 Å². The molecule has 6 nitrogen and oxygen atoms in total. The molecule has 90 valence electrons. The predicted molar refractivity (Wildman–Crippen MR) is 62.9 cm³/mol. The molecular formula is C9H17N5OS. The van der Waals surface area contributed by atoms with E-state index in [1.54, 1.807) is 11.0 Å². The third-order valence-corrected chi connectivity index (χ3v) is 3.73. The molecule has 1 aliphatic heterocycles. The number of thioether (sulfide) groups is 1. The van der Waals surface area contributed by atoms with Gasteiger partial charge in [0, 0.05) is 25.0 Å². The Morgan fingerprint density at radius 1 is 1.81 bits per heavy atom. The number of aryl methyl sites for hydroxylation is 1. The summed E-state index contributed by atoms with van der Waals surface area (Å²) in [6.45, 7) is 0.798. The Morgan fingerprint density at radius 2 is 2.69 bits per heavy atom. The van der Waals surface area contributed by atoms with E-state index in [4.69, 9.17) is 10.6 Å². The number of hydrogen-bond donors (Lipinski definition) is 2. The lowest BCUT2D eigenvalue weighted by atomic mass is 10.1. The van der Waals surface area contributed by atoms with Gasteiger partial charge in [0.2, 0.25) is 0 Å². The summed E-state index contributed by atoms with van der Waals surface area (Å²) < 4.78 is 7.46. The van der Waals surface area contributed by atoms with Gasteiger partial charge in [-0.3, -0.25) is 16.0 Å². The average molecular weight is 243 g/mol. The van der Waals surface area contributed by atoms with E-state index in [2.05, 4.69) is 15.5 Å².